The Bertz CT molecular complexity index is 513. The van der Waals surface area contributed by atoms with Gasteiger partial charge in [0.2, 0.25) is 0 Å². The number of nitrogens with zero attached hydrogens (tertiary/aromatic N) is 3. The molecule has 78 valence electrons. The van der Waals surface area contributed by atoms with Gasteiger partial charge in [0.15, 0.2) is 5.65 Å². The summed E-state index contributed by atoms with van der Waals surface area (Å²) in [4.78, 5) is 3.84. The minimum Gasteiger partial charge on any atom is -0.236 e. The fourth-order valence-corrected chi connectivity index (χ4v) is 1.14. The van der Waals surface area contributed by atoms with E-state index in [1.54, 1.807) is 6.20 Å². The highest BCUT2D eigenvalue weighted by atomic mass is 19.4. The highest BCUT2D eigenvalue weighted by molar-refractivity contribution is 5.68. The Balaban J connectivity index is 2.49. The molecule has 0 bridgehead atoms. The molecule has 2 aromatic heterocycles. The first-order valence-corrected chi connectivity index (χ1v) is 4.04. The number of imidazole rings is 1. The lowest BCUT2D eigenvalue weighted by atomic mass is 10.1. The summed E-state index contributed by atoms with van der Waals surface area (Å²) in [6.45, 7) is 2.99. The van der Waals surface area contributed by atoms with E-state index in [4.69, 9.17) is 0 Å². The van der Waals surface area contributed by atoms with Crippen LogP contribution in [0.5, 0.6) is 0 Å². The average molecular weight is 213 g/mol. The van der Waals surface area contributed by atoms with Gasteiger partial charge < -0.3 is 0 Å². The minimum atomic E-state index is -4.44. The Morgan fingerprint density at radius 3 is 2.80 bits per heavy atom. The summed E-state index contributed by atoms with van der Waals surface area (Å²) in [5.41, 5.74) is -0.625. The number of fused-ring (bicyclic) bond motifs is 1. The molecule has 0 unspecified atom stereocenters. The molecular formula is C9H6F3N3. The van der Waals surface area contributed by atoms with Gasteiger partial charge in [0.05, 0.1) is 11.8 Å². The van der Waals surface area contributed by atoms with E-state index in [2.05, 4.69) is 16.7 Å². The number of hydrogen-bond acceptors (Lipinski definition) is 2. The lowest BCUT2D eigenvalue weighted by molar-refractivity contribution is -0.0686. The Morgan fingerprint density at radius 2 is 2.13 bits per heavy atom. The van der Waals surface area contributed by atoms with E-state index in [0.717, 1.165) is 6.20 Å². The topological polar surface area (TPSA) is 30.2 Å². The fraction of sp³-hybridized carbons (Fsp3) is 0.111. The fourth-order valence-electron chi connectivity index (χ4n) is 1.14. The third-order valence-electron chi connectivity index (χ3n) is 1.95. The van der Waals surface area contributed by atoms with Crippen LogP contribution in [-0.4, -0.2) is 20.8 Å². The molecule has 0 aliphatic heterocycles. The van der Waals surface area contributed by atoms with Crippen LogP contribution in [0.1, 0.15) is 5.56 Å². The van der Waals surface area contributed by atoms with Gasteiger partial charge in [-0.05, 0) is 6.07 Å². The van der Waals surface area contributed by atoms with Gasteiger partial charge in [-0.1, -0.05) is 6.58 Å². The Hall–Kier alpha value is -1.85. The van der Waals surface area contributed by atoms with Crippen LogP contribution >= 0.6 is 0 Å². The first kappa shape index (κ1) is 9.70. The van der Waals surface area contributed by atoms with Crippen molar-refractivity contribution >= 4 is 11.2 Å². The Morgan fingerprint density at radius 1 is 1.40 bits per heavy atom. The minimum absolute atomic E-state index is 0.0683. The zero-order chi connectivity index (χ0) is 11.1. The second kappa shape index (κ2) is 3.08. The SMILES string of the molecule is C=C(c1cnn2ccnc2c1)C(F)(F)F. The molecule has 15 heavy (non-hydrogen) atoms. The largest absolute Gasteiger partial charge is 0.416 e. The highest BCUT2D eigenvalue weighted by Crippen LogP contribution is 2.31. The van der Waals surface area contributed by atoms with E-state index < -0.39 is 11.7 Å². The molecule has 0 aliphatic rings. The van der Waals surface area contributed by atoms with Gasteiger partial charge in [-0.15, -0.1) is 0 Å². The normalized spacial score (nSPS) is 11.9. The smallest absolute Gasteiger partial charge is 0.236 e. The van der Waals surface area contributed by atoms with Crippen molar-refractivity contribution < 1.29 is 13.2 Å². The van der Waals surface area contributed by atoms with Crippen molar-refractivity contribution in [2.24, 2.45) is 0 Å². The van der Waals surface area contributed by atoms with Crippen LogP contribution in [0.15, 0.2) is 31.2 Å². The van der Waals surface area contributed by atoms with Crippen LogP contribution in [0.2, 0.25) is 0 Å². The molecule has 2 rings (SSSR count). The van der Waals surface area contributed by atoms with Crippen molar-refractivity contribution in [3.63, 3.8) is 0 Å². The quantitative estimate of drug-likeness (QED) is 0.727. The van der Waals surface area contributed by atoms with E-state index in [-0.39, 0.29) is 5.56 Å². The number of hydrogen-bond donors (Lipinski definition) is 0. The van der Waals surface area contributed by atoms with Gasteiger partial charge in [0.1, 0.15) is 0 Å². The lowest BCUT2D eigenvalue weighted by Gasteiger charge is -2.09. The molecule has 0 amide bonds. The standard InChI is InChI=1S/C9H6F3N3/c1-6(9(10,11)12)7-4-8-13-2-3-15(8)14-5-7/h2-5H,1H2. The maximum atomic E-state index is 12.3. The first-order chi connectivity index (χ1) is 6.98. The number of rotatable bonds is 1. The zero-order valence-electron chi connectivity index (χ0n) is 7.49. The summed E-state index contributed by atoms with van der Waals surface area (Å²) in [5.74, 6) is 0. The van der Waals surface area contributed by atoms with Crippen molar-refractivity contribution in [1.29, 1.82) is 0 Å². The molecular weight excluding hydrogens is 207 g/mol. The second-order valence-corrected chi connectivity index (χ2v) is 2.95. The second-order valence-electron chi connectivity index (χ2n) is 2.95. The molecule has 2 aromatic rings. The van der Waals surface area contributed by atoms with E-state index in [1.165, 1.54) is 16.8 Å². The van der Waals surface area contributed by atoms with Gasteiger partial charge in [0, 0.05) is 18.0 Å². The number of halogens is 3. The summed E-state index contributed by atoms with van der Waals surface area (Å²) in [5, 5.41) is 3.77. The van der Waals surface area contributed by atoms with Crippen LogP contribution in [0.3, 0.4) is 0 Å². The summed E-state index contributed by atoms with van der Waals surface area (Å²) >= 11 is 0. The lowest BCUT2D eigenvalue weighted by Crippen LogP contribution is -2.10. The van der Waals surface area contributed by atoms with E-state index in [9.17, 15) is 13.2 Å². The molecule has 0 radical (unpaired) electrons. The number of allylic oxidation sites excluding steroid dienone is 1. The predicted octanol–water partition coefficient (Wildman–Crippen LogP) is 2.30. The number of alkyl halides is 3. The van der Waals surface area contributed by atoms with Crippen molar-refractivity contribution in [3.05, 3.63) is 36.8 Å². The van der Waals surface area contributed by atoms with Crippen molar-refractivity contribution in [3.8, 4) is 0 Å². The van der Waals surface area contributed by atoms with Gasteiger partial charge in [-0.25, -0.2) is 9.50 Å². The van der Waals surface area contributed by atoms with Crippen LogP contribution in [0, 0.1) is 0 Å². The molecule has 0 aromatic carbocycles. The van der Waals surface area contributed by atoms with Gasteiger partial charge in [0.25, 0.3) is 0 Å². The maximum absolute atomic E-state index is 12.3. The van der Waals surface area contributed by atoms with Crippen LogP contribution in [0.25, 0.3) is 11.2 Å². The summed E-state index contributed by atoms with van der Waals surface area (Å²) in [7, 11) is 0. The van der Waals surface area contributed by atoms with Gasteiger partial charge >= 0.3 is 6.18 Å². The Kier molecular flexibility index (Phi) is 1.99. The van der Waals surface area contributed by atoms with Crippen molar-refractivity contribution in [1.82, 2.24) is 14.6 Å². The summed E-state index contributed by atoms with van der Waals surface area (Å²) in [6, 6.07) is 1.29. The highest BCUT2D eigenvalue weighted by Gasteiger charge is 2.33. The predicted molar refractivity (Wildman–Crippen MR) is 48.1 cm³/mol. The molecule has 2 heterocycles. The Labute approximate surface area is 82.9 Å². The van der Waals surface area contributed by atoms with Crippen molar-refractivity contribution in [2.75, 3.05) is 0 Å². The third-order valence-corrected chi connectivity index (χ3v) is 1.95. The van der Waals surface area contributed by atoms with Gasteiger partial charge in [-0.3, -0.25) is 0 Å². The average Bonchev–Trinajstić information content (AvgIpc) is 2.61. The monoisotopic (exact) mass is 213 g/mol. The van der Waals surface area contributed by atoms with Crippen molar-refractivity contribution in [2.45, 2.75) is 6.18 Å². The molecule has 0 saturated carbocycles. The first-order valence-electron chi connectivity index (χ1n) is 4.04. The molecule has 0 aliphatic carbocycles. The molecule has 0 saturated heterocycles. The molecule has 0 N–H and O–H groups in total. The zero-order valence-corrected chi connectivity index (χ0v) is 7.49. The summed E-state index contributed by atoms with van der Waals surface area (Å²) < 4.78 is 38.3. The molecule has 0 spiro atoms. The van der Waals surface area contributed by atoms with Crippen LogP contribution in [0.4, 0.5) is 13.2 Å². The summed E-state index contributed by atoms with van der Waals surface area (Å²) in [6.07, 6.45) is -0.310. The van der Waals surface area contributed by atoms with Crippen LogP contribution in [-0.2, 0) is 0 Å². The maximum Gasteiger partial charge on any atom is 0.416 e. The van der Waals surface area contributed by atoms with Gasteiger partial charge in [-0.2, -0.15) is 18.3 Å². The molecule has 0 atom stereocenters. The van der Waals surface area contributed by atoms with E-state index in [0.29, 0.717) is 5.65 Å². The third kappa shape index (κ3) is 1.70. The van der Waals surface area contributed by atoms with E-state index >= 15 is 0 Å². The van der Waals surface area contributed by atoms with E-state index in [1.807, 2.05) is 0 Å². The van der Waals surface area contributed by atoms with Crippen LogP contribution < -0.4 is 0 Å². The molecule has 6 heteroatoms. The number of aromatic nitrogens is 3. The molecule has 0 fully saturated rings. The molecule has 3 nitrogen and oxygen atoms in total.